The summed E-state index contributed by atoms with van der Waals surface area (Å²) >= 11 is 3.53. The van der Waals surface area contributed by atoms with Gasteiger partial charge in [-0.15, -0.1) is 0 Å². The molecule has 4 nitrogen and oxygen atoms in total. The number of halogens is 2. The van der Waals surface area contributed by atoms with Crippen LogP contribution in [0.4, 0.5) is 4.39 Å². The molecule has 140 valence electrons. The van der Waals surface area contributed by atoms with Crippen molar-refractivity contribution in [1.29, 1.82) is 0 Å². The molecule has 0 aliphatic rings. The third-order valence-corrected chi connectivity index (χ3v) is 4.57. The molecule has 0 aliphatic heterocycles. The van der Waals surface area contributed by atoms with E-state index in [1.165, 1.54) is 6.07 Å². The minimum atomic E-state index is -0.289. The molecule has 0 bridgehead atoms. The van der Waals surface area contributed by atoms with Crippen molar-refractivity contribution >= 4 is 15.9 Å². The lowest BCUT2D eigenvalue weighted by molar-refractivity contribution is 0.277. The van der Waals surface area contributed by atoms with Gasteiger partial charge in [0, 0.05) is 24.8 Å². The van der Waals surface area contributed by atoms with Gasteiger partial charge in [-0.05, 0) is 51.8 Å². The summed E-state index contributed by atoms with van der Waals surface area (Å²) in [7, 11) is 1.59. The maximum absolute atomic E-state index is 13.8. The first-order valence-corrected chi connectivity index (χ1v) is 9.30. The summed E-state index contributed by atoms with van der Waals surface area (Å²) in [6, 6.07) is 16.3. The van der Waals surface area contributed by atoms with E-state index < -0.39 is 0 Å². The minimum Gasteiger partial charge on any atom is -0.493 e. The standard InChI is InChI=1S/C21H20BrFN2O2/c1-26-20-11-15(12-24-13-17-7-4-5-9-25-17)10-18(22)21(20)27-14-16-6-2-3-8-19(16)23/h2-11,24H,12-14H2,1H3. The predicted molar refractivity (Wildman–Crippen MR) is 106 cm³/mol. The van der Waals surface area contributed by atoms with Crippen molar-refractivity contribution in [3.63, 3.8) is 0 Å². The lowest BCUT2D eigenvalue weighted by Gasteiger charge is -2.15. The molecule has 6 heteroatoms. The molecule has 0 unspecified atom stereocenters. The van der Waals surface area contributed by atoms with Crippen LogP contribution in [0.15, 0.2) is 65.3 Å². The Morgan fingerprint density at radius 1 is 1.07 bits per heavy atom. The van der Waals surface area contributed by atoms with Gasteiger partial charge in [-0.1, -0.05) is 24.3 Å². The van der Waals surface area contributed by atoms with E-state index in [2.05, 4.69) is 26.2 Å². The fourth-order valence-electron chi connectivity index (χ4n) is 2.62. The maximum Gasteiger partial charge on any atom is 0.175 e. The quantitative estimate of drug-likeness (QED) is 0.553. The Morgan fingerprint density at radius 3 is 2.63 bits per heavy atom. The lowest BCUT2D eigenvalue weighted by Crippen LogP contribution is -2.13. The third kappa shape index (κ3) is 5.28. The van der Waals surface area contributed by atoms with Crippen LogP contribution >= 0.6 is 15.9 Å². The molecule has 0 amide bonds. The molecule has 0 saturated carbocycles. The van der Waals surface area contributed by atoms with Crippen molar-refractivity contribution in [2.75, 3.05) is 7.11 Å². The van der Waals surface area contributed by atoms with Gasteiger partial charge in [-0.2, -0.15) is 0 Å². The number of methoxy groups -OCH3 is 1. The second kappa shape index (κ2) is 9.48. The van der Waals surface area contributed by atoms with Crippen molar-refractivity contribution in [1.82, 2.24) is 10.3 Å². The maximum atomic E-state index is 13.8. The van der Waals surface area contributed by atoms with Crippen molar-refractivity contribution in [2.45, 2.75) is 19.7 Å². The predicted octanol–water partition coefficient (Wildman–Crippen LogP) is 4.86. The average Bonchev–Trinajstić information content (AvgIpc) is 2.69. The first-order chi connectivity index (χ1) is 13.2. The van der Waals surface area contributed by atoms with Gasteiger partial charge in [0.1, 0.15) is 12.4 Å². The molecule has 0 spiro atoms. The fraction of sp³-hybridized carbons (Fsp3) is 0.190. The van der Waals surface area contributed by atoms with E-state index in [4.69, 9.17) is 9.47 Å². The minimum absolute atomic E-state index is 0.124. The van der Waals surface area contributed by atoms with Gasteiger partial charge in [0.25, 0.3) is 0 Å². The summed E-state index contributed by atoms with van der Waals surface area (Å²) in [6.07, 6.45) is 1.78. The van der Waals surface area contributed by atoms with Crippen LogP contribution in [0.5, 0.6) is 11.5 Å². The Balaban J connectivity index is 1.66. The van der Waals surface area contributed by atoms with Gasteiger partial charge in [-0.25, -0.2) is 4.39 Å². The molecule has 1 heterocycles. The van der Waals surface area contributed by atoms with Crippen molar-refractivity contribution in [3.8, 4) is 11.5 Å². The number of rotatable bonds is 8. The summed E-state index contributed by atoms with van der Waals surface area (Å²) < 4.78 is 25.8. The number of nitrogens with one attached hydrogen (secondary N) is 1. The van der Waals surface area contributed by atoms with Gasteiger partial charge in [0.05, 0.1) is 17.3 Å². The fourth-order valence-corrected chi connectivity index (χ4v) is 3.22. The van der Waals surface area contributed by atoms with Crippen LogP contribution in [0, 0.1) is 5.82 Å². The molecule has 3 rings (SSSR count). The molecular formula is C21H20BrFN2O2. The SMILES string of the molecule is COc1cc(CNCc2ccccn2)cc(Br)c1OCc1ccccc1F. The summed E-state index contributed by atoms with van der Waals surface area (Å²) in [4.78, 5) is 4.29. The van der Waals surface area contributed by atoms with Crippen LogP contribution in [-0.4, -0.2) is 12.1 Å². The number of benzene rings is 2. The highest BCUT2D eigenvalue weighted by molar-refractivity contribution is 9.10. The Hall–Kier alpha value is -2.44. The molecule has 0 radical (unpaired) electrons. The summed E-state index contributed by atoms with van der Waals surface area (Å²) in [5, 5.41) is 3.35. The third-order valence-electron chi connectivity index (χ3n) is 3.98. The van der Waals surface area contributed by atoms with E-state index in [1.807, 2.05) is 30.3 Å². The second-order valence-electron chi connectivity index (χ2n) is 5.91. The Kier molecular flexibility index (Phi) is 6.79. The van der Waals surface area contributed by atoms with Gasteiger partial charge < -0.3 is 14.8 Å². The average molecular weight is 431 g/mol. The largest absolute Gasteiger partial charge is 0.493 e. The molecule has 0 saturated heterocycles. The van der Waals surface area contributed by atoms with Crippen LogP contribution < -0.4 is 14.8 Å². The van der Waals surface area contributed by atoms with E-state index in [-0.39, 0.29) is 12.4 Å². The van der Waals surface area contributed by atoms with Crippen molar-refractivity contribution in [3.05, 3.63) is 87.9 Å². The zero-order chi connectivity index (χ0) is 19.1. The number of hydrogen-bond donors (Lipinski definition) is 1. The number of aromatic nitrogens is 1. The zero-order valence-electron chi connectivity index (χ0n) is 14.9. The second-order valence-corrected chi connectivity index (χ2v) is 6.77. The van der Waals surface area contributed by atoms with E-state index in [9.17, 15) is 4.39 Å². The van der Waals surface area contributed by atoms with E-state index >= 15 is 0 Å². The highest BCUT2D eigenvalue weighted by atomic mass is 79.9. The molecule has 0 atom stereocenters. The van der Waals surface area contributed by atoms with Crippen LogP contribution in [0.1, 0.15) is 16.8 Å². The molecule has 1 aromatic heterocycles. The zero-order valence-corrected chi connectivity index (χ0v) is 16.5. The smallest absolute Gasteiger partial charge is 0.175 e. The topological polar surface area (TPSA) is 43.4 Å². The monoisotopic (exact) mass is 430 g/mol. The van der Waals surface area contributed by atoms with Gasteiger partial charge in [-0.3, -0.25) is 4.98 Å². The molecule has 27 heavy (non-hydrogen) atoms. The van der Waals surface area contributed by atoms with Crippen LogP contribution in [0.25, 0.3) is 0 Å². The Labute approximate surface area is 166 Å². The highest BCUT2D eigenvalue weighted by Crippen LogP contribution is 2.37. The lowest BCUT2D eigenvalue weighted by atomic mass is 10.2. The molecule has 3 aromatic rings. The Bertz CT molecular complexity index is 891. The van der Waals surface area contributed by atoms with E-state index in [1.54, 1.807) is 31.5 Å². The van der Waals surface area contributed by atoms with Crippen LogP contribution in [0.3, 0.4) is 0 Å². The summed E-state index contributed by atoms with van der Waals surface area (Å²) in [5.74, 6) is 0.854. The number of hydrogen-bond acceptors (Lipinski definition) is 4. The van der Waals surface area contributed by atoms with E-state index in [0.717, 1.165) is 15.7 Å². The van der Waals surface area contributed by atoms with Gasteiger partial charge >= 0.3 is 0 Å². The number of nitrogens with zero attached hydrogens (tertiary/aromatic N) is 1. The highest BCUT2D eigenvalue weighted by Gasteiger charge is 2.13. The van der Waals surface area contributed by atoms with Crippen LogP contribution in [0.2, 0.25) is 0 Å². The molecular weight excluding hydrogens is 411 g/mol. The van der Waals surface area contributed by atoms with Crippen molar-refractivity contribution < 1.29 is 13.9 Å². The first kappa shape index (κ1) is 19.3. The molecule has 2 aromatic carbocycles. The van der Waals surface area contributed by atoms with Gasteiger partial charge in [0.2, 0.25) is 0 Å². The van der Waals surface area contributed by atoms with Gasteiger partial charge in [0.15, 0.2) is 11.5 Å². The van der Waals surface area contributed by atoms with E-state index in [0.29, 0.717) is 30.2 Å². The summed E-state index contributed by atoms with van der Waals surface area (Å²) in [6.45, 7) is 1.45. The molecule has 0 fully saturated rings. The first-order valence-electron chi connectivity index (χ1n) is 8.50. The molecule has 1 N–H and O–H groups in total. The Morgan fingerprint density at radius 2 is 1.89 bits per heavy atom. The molecule has 0 aliphatic carbocycles. The number of ether oxygens (including phenoxy) is 2. The normalized spacial score (nSPS) is 10.6. The van der Waals surface area contributed by atoms with Crippen molar-refractivity contribution in [2.24, 2.45) is 0 Å². The number of pyridine rings is 1. The van der Waals surface area contributed by atoms with Crippen LogP contribution in [-0.2, 0) is 19.7 Å². The summed E-state index contributed by atoms with van der Waals surface area (Å²) in [5.41, 5.74) is 2.51.